The Bertz CT molecular complexity index is 601. The summed E-state index contributed by atoms with van der Waals surface area (Å²) in [4.78, 5) is 0.362. The molecule has 0 unspecified atom stereocenters. The maximum absolute atomic E-state index is 12.5. The van der Waals surface area contributed by atoms with Crippen molar-refractivity contribution in [2.24, 2.45) is 11.7 Å². The summed E-state index contributed by atoms with van der Waals surface area (Å²) in [5.41, 5.74) is 5.51. The van der Waals surface area contributed by atoms with Crippen LogP contribution in [0.2, 0.25) is 0 Å². The molecular formula is C12H20N4O2S2. The number of nitrogens with zero attached hydrogens (tertiary/aromatic N) is 1. The first kappa shape index (κ1) is 15.4. The number of hydrogen-bond acceptors (Lipinski definition) is 4. The van der Waals surface area contributed by atoms with E-state index in [0.29, 0.717) is 24.5 Å². The van der Waals surface area contributed by atoms with Crippen molar-refractivity contribution in [2.75, 3.05) is 0 Å². The summed E-state index contributed by atoms with van der Waals surface area (Å²) in [5, 5.41) is 6.38. The van der Waals surface area contributed by atoms with E-state index in [1.807, 2.05) is 0 Å². The molecule has 1 aromatic heterocycles. The number of nitrogens with one attached hydrogen (secondary N) is 2. The first-order chi connectivity index (χ1) is 9.27. The van der Waals surface area contributed by atoms with Crippen LogP contribution < -0.4 is 10.5 Å². The Morgan fingerprint density at radius 1 is 1.55 bits per heavy atom. The Morgan fingerprint density at radius 2 is 2.15 bits per heavy atom. The molecule has 112 valence electrons. The van der Waals surface area contributed by atoms with Crippen LogP contribution in [0.1, 0.15) is 38.3 Å². The predicted octanol–water partition coefficient (Wildman–Crippen LogP) is 1.23. The number of H-pyrrole nitrogens is 1. The fraction of sp³-hybridized carbons (Fsp3) is 0.667. The van der Waals surface area contributed by atoms with Crippen LogP contribution in [0.5, 0.6) is 0 Å². The highest BCUT2D eigenvalue weighted by Gasteiger charge is 2.41. The van der Waals surface area contributed by atoms with Crippen LogP contribution >= 0.6 is 12.2 Å². The lowest BCUT2D eigenvalue weighted by molar-refractivity contribution is 0.289. The summed E-state index contributed by atoms with van der Waals surface area (Å²) >= 11 is 5.12. The van der Waals surface area contributed by atoms with Gasteiger partial charge >= 0.3 is 0 Å². The molecule has 1 aliphatic carbocycles. The van der Waals surface area contributed by atoms with Gasteiger partial charge in [0.05, 0.1) is 22.4 Å². The van der Waals surface area contributed by atoms with Gasteiger partial charge in [0.2, 0.25) is 10.0 Å². The zero-order valence-corrected chi connectivity index (χ0v) is 13.3. The maximum Gasteiger partial charge on any atom is 0.244 e. The van der Waals surface area contributed by atoms with Gasteiger partial charge in [-0.25, -0.2) is 8.42 Å². The molecule has 1 heterocycles. The summed E-state index contributed by atoms with van der Waals surface area (Å²) in [5.74, 6) is 0.567. The van der Waals surface area contributed by atoms with E-state index in [1.54, 1.807) is 6.92 Å². The lowest BCUT2D eigenvalue weighted by Crippen LogP contribution is -2.58. The summed E-state index contributed by atoms with van der Waals surface area (Å²) < 4.78 is 27.7. The second-order valence-electron chi connectivity index (χ2n) is 5.59. The van der Waals surface area contributed by atoms with Crippen molar-refractivity contribution in [3.05, 3.63) is 11.9 Å². The van der Waals surface area contributed by atoms with Crippen molar-refractivity contribution in [3.8, 4) is 0 Å². The highest BCUT2D eigenvalue weighted by Crippen LogP contribution is 2.33. The van der Waals surface area contributed by atoms with E-state index in [2.05, 4.69) is 21.8 Å². The summed E-state index contributed by atoms with van der Waals surface area (Å²) in [6.45, 7) is 3.82. The maximum atomic E-state index is 12.5. The summed E-state index contributed by atoms with van der Waals surface area (Å²) in [6, 6.07) is 0. The Morgan fingerprint density at radius 3 is 2.60 bits per heavy atom. The smallest absolute Gasteiger partial charge is 0.244 e. The van der Waals surface area contributed by atoms with E-state index in [-0.39, 0.29) is 9.88 Å². The van der Waals surface area contributed by atoms with Crippen LogP contribution in [0, 0.1) is 12.8 Å². The predicted molar refractivity (Wildman–Crippen MR) is 80.8 cm³/mol. The molecule has 8 heteroatoms. The van der Waals surface area contributed by atoms with E-state index in [9.17, 15) is 8.42 Å². The molecule has 0 saturated heterocycles. The van der Waals surface area contributed by atoms with Gasteiger partial charge < -0.3 is 5.73 Å². The zero-order valence-electron chi connectivity index (χ0n) is 11.6. The fourth-order valence-electron chi connectivity index (χ4n) is 2.58. The van der Waals surface area contributed by atoms with E-state index >= 15 is 0 Å². The summed E-state index contributed by atoms with van der Waals surface area (Å²) in [6.07, 6.45) is 4.39. The number of nitrogens with two attached hydrogens (primary N) is 1. The molecule has 1 fully saturated rings. The number of sulfonamides is 1. The van der Waals surface area contributed by atoms with Crippen molar-refractivity contribution in [2.45, 2.75) is 50.0 Å². The minimum Gasteiger partial charge on any atom is -0.392 e. The van der Waals surface area contributed by atoms with Crippen molar-refractivity contribution < 1.29 is 8.42 Å². The third kappa shape index (κ3) is 2.87. The molecule has 0 aliphatic heterocycles. The Balaban J connectivity index is 2.30. The van der Waals surface area contributed by atoms with Crippen molar-refractivity contribution in [1.29, 1.82) is 0 Å². The molecule has 0 spiro atoms. The number of rotatable bonds is 4. The molecule has 0 atom stereocenters. The molecule has 1 saturated carbocycles. The van der Waals surface area contributed by atoms with E-state index in [4.69, 9.17) is 18.0 Å². The Labute approximate surface area is 124 Å². The molecule has 0 aromatic carbocycles. The van der Waals surface area contributed by atoms with E-state index < -0.39 is 15.6 Å². The van der Waals surface area contributed by atoms with Gasteiger partial charge in [-0.2, -0.15) is 9.82 Å². The lowest BCUT2D eigenvalue weighted by atomic mass is 9.78. The van der Waals surface area contributed by atoms with Crippen LogP contribution in [-0.4, -0.2) is 29.1 Å². The number of aromatic amines is 1. The normalized spacial score (nSPS) is 27.4. The van der Waals surface area contributed by atoms with Gasteiger partial charge in [-0.05, 0) is 38.5 Å². The molecule has 6 nitrogen and oxygen atoms in total. The standard InChI is InChI=1S/C12H20N4O2S2/c1-8-3-5-12(6-4-8,11(13)19)16-20(17,18)10-7-14-15-9(10)2/h7-8,16H,3-6H2,1-2H3,(H2,13,19)(H,14,15). The average molecular weight is 316 g/mol. The van der Waals surface area contributed by atoms with Gasteiger partial charge in [0.15, 0.2) is 0 Å². The van der Waals surface area contributed by atoms with E-state index in [0.717, 1.165) is 12.8 Å². The molecule has 0 radical (unpaired) electrons. The third-order valence-corrected chi connectivity index (χ3v) is 6.04. The molecule has 1 aromatic rings. The van der Waals surface area contributed by atoms with Crippen molar-refractivity contribution >= 4 is 27.2 Å². The average Bonchev–Trinajstić information content (AvgIpc) is 2.79. The molecule has 0 amide bonds. The van der Waals surface area contributed by atoms with Crippen molar-refractivity contribution in [1.82, 2.24) is 14.9 Å². The van der Waals surface area contributed by atoms with Gasteiger partial charge in [-0.15, -0.1) is 0 Å². The molecule has 2 rings (SSSR count). The number of hydrogen-bond donors (Lipinski definition) is 3. The molecule has 1 aliphatic rings. The SMILES string of the molecule is Cc1[nH]ncc1S(=O)(=O)NC1(C(N)=S)CCC(C)CC1. The van der Waals surface area contributed by atoms with Gasteiger partial charge in [-0.1, -0.05) is 19.1 Å². The number of aryl methyl sites for hydroxylation is 1. The van der Waals surface area contributed by atoms with Crippen LogP contribution in [-0.2, 0) is 10.0 Å². The fourth-order valence-corrected chi connectivity index (χ4v) is 4.47. The molecule has 4 N–H and O–H groups in total. The lowest BCUT2D eigenvalue weighted by Gasteiger charge is -2.38. The van der Waals surface area contributed by atoms with Crippen LogP contribution in [0.3, 0.4) is 0 Å². The van der Waals surface area contributed by atoms with Crippen molar-refractivity contribution in [3.63, 3.8) is 0 Å². The first-order valence-corrected chi connectivity index (χ1v) is 8.50. The molecular weight excluding hydrogens is 296 g/mol. The van der Waals surface area contributed by atoms with Gasteiger partial charge in [0.25, 0.3) is 0 Å². The minimum absolute atomic E-state index is 0.145. The van der Waals surface area contributed by atoms with Crippen LogP contribution in [0.15, 0.2) is 11.1 Å². The second-order valence-corrected chi connectivity index (χ2v) is 7.68. The van der Waals surface area contributed by atoms with Gasteiger partial charge in [-0.3, -0.25) is 5.10 Å². The second kappa shape index (κ2) is 5.42. The summed E-state index contributed by atoms with van der Waals surface area (Å²) in [7, 11) is -3.68. The highest BCUT2D eigenvalue weighted by molar-refractivity contribution is 7.89. The van der Waals surface area contributed by atoms with E-state index in [1.165, 1.54) is 6.20 Å². The van der Waals surface area contributed by atoms with Crippen LogP contribution in [0.4, 0.5) is 0 Å². The van der Waals surface area contributed by atoms with Crippen LogP contribution in [0.25, 0.3) is 0 Å². The largest absolute Gasteiger partial charge is 0.392 e. The Hall–Kier alpha value is -0.990. The Kier molecular flexibility index (Phi) is 4.17. The van der Waals surface area contributed by atoms with Gasteiger partial charge in [0.1, 0.15) is 4.90 Å². The highest BCUT2D eigenvalue weighted by atomic mass is 32.2. The quantitative estimate of drug-likeness (QED) is 0.725. The number of thiocarbonyl (C=S) groups is 1. The minimum atomic E-state index is -3.68. The molecule has 0 bridgehead atoms. The topological polar surface area (TPSA) is 101 Å². The number of aromatic nitrogens is 2. The monoisotopic (exact) mass is 316 g/mol. The third-order valence-electron chi connectivity index (χ3n) is 4.00. The zero-order chi connectivity index (χ0) is 15.0. The van der Waals surface area contributed by atoms with Gasteiger partial charge in [0, 0.05) is 0 Å². The molecule has 20 heavy (non-hydrogen) atoms. The first-order valence-electron chi connectivity index (χ1n) is 6.61.